The molecule has 4 heteroatoms. The van der Waals surface area contributed by atoms with Crippen molar-refractivity contribution >= 4 is 0 Å². The Morgan fingerprint density at radius 2 is 1.45 bits per heavy atom. The summed E-state index contributed by atoms with van der Waals surface area (Å²) in [5, 5.41) is 0. The molecule has 0 aliphatic heterocycles. The molecule has 0 amide bonds. The maximum atomic E-state index is 11.1. The van der Waals surface area contributed by atoms with E-state index in [1.165, 1.54) is 10.6 Å². The average molecular weight is 508 g/mol. The fourth-order valence-corrected chi connectivity index (χ4v) is 0.778. The van der Waals surface area contributed by atoms with Gasteiger partial charge in [0.05, 0.1) is 0 Å². The van der Waals surface area contributed by atoms with E-state index in [1.54, 1.807) is 6.92 Å². The van der Waals surface area contributed by atoms with E-state index < -0.39 is 0 Å². The second kappa shape index (κ2) is 27.3. The van der Waals surface area contributed by atoms with Crippen molar-refractivity contribution in [3.8, 4) is 0 Å². The third-order valence-electron chi connectivity index (χ3n) is 1.34. The Kier molecular flexibility index (Phi) is 43.7. The minimum Gasteiger partial charge on any atom is -0.433 e. The van der Waals surface area contributed by atoms with Gasteiger partial charge in [-0.15, -0.1) is 6.04 Å². The first kappa shape index (κ1) is 32.0. The molecule has 0 radical (unpaired) electrons. The smallest absolute Gasteiger partial charge is 0.433 e. The summed E-state index contributed by atoms with van der Waals surface area (Å²) < 4.78 is 1.37. The molecule has 0 aromatic carbocycles. The van der Waals surface area contributed by atoms with Crippen LogP contribution in [0.25, 0.3) is 0 Å². The molecule has 1 heterocycles. The van der Waals surface area contributed by atoms with Gasteiger partial charge in [0, 0.05) is 6.33 Å². The maximum absolute atomic E-state index is 11.1. The molecule has 0 spiro atoms. The first-order valence-corrected chi connectivity index (χ1v) is 7.42. The molecular formula is C16H34N2OU. The summed E-state index contributed by atoms with van der Waals surface area (Å²) in [5.41, 5.74) is 0.590. The van der Waals surface area contributed by atoms with Gasteiger partial charge in [-0.25, -0.2) is 0 Å². The molecular weight excluding hydrogens is 474 g/mol. The fraction of sp³-hybridized carbons (Fsp3) is 0.688. The summed E-state index contributed by atoms with van der Waals surface area (Å²) in [6, 6.07) is 1.36. The van der Waals surface area contributed by atoms with Crippen molar-refractivity contribution in [1.29, 1.82) is 0 Å². The Morgan fingerprint density at radius 1 is 1.10 bits per heavy atom. The second-order valence-corrected chi connectivity index (χ2v) is 2.55. The number of hydrogen-bond donors (Lipinski definition) is 0. The largest absolute Gasteiger partial charge is 2.00 e. The van der Waals surface area contributed by atoms with Gasteiger partial charge in [-0.1, -0.05) is 81.0 Å². The van der Waals surface area contributed by atoms with Gasteiger partial charge in [-0.2, -0.15) is 0 Å². The van der Waals surface area contributed by atoms with Crippen LogP contribution in [0.5, 0.6) is 0 Å². The van der Waals surface area contributed by atoms with Crippen LogP contribution in [0.15, 0.2) is 10.9 Å². The van der Waals surface area contributed by atoms with E-state index in [0.29, 0.717) is 5.69 Å². The Morgan fingerprint density at radius 3 is 1.70 bits per heavy atom. The van der Waals surface area contributed by atoms with Crippen molar-refractivity contribution in [3.63, 3.8) is 0 Å². The van der Waals surface area contributed by atoms with Crippen LogP contribution in [0.3, 0.4) is 0 Å². The van der Waals surface area contributed by atoms with E-state index in [0.717, 1.165) is 0 Å². The molecule has 0 saturated heterocycles. The summed E-state index contributed by atoms with van der Waals surface area (Å²) in [7, 11) is 0. The van der Waals surface area contributed by atoms with E-state index in [9.17, 15) is 4.79 Å². The molecule has 0 aliphatic carbocycles. The molecule has 1 unspecified atom stereocenters. The number of hydrogen-bond acceptors (Lipinski definition) is 2. The Labute approximate surface area is 151 Å². The number of aromatic nitrogens is 2. The van der Waals surface area contributed by atoms with Crippen molar-refractivity contribution in [3.05, 3.63) is 35.4 Å². The van der Waals surface area contributed by atoms with Gasteiger partial charge >= 0.3 is 31.1 Å². The standard InChI is InChI=1S/C8H10N2O.4C2H6.U/c1-6(2)10-5-9-7(3)4-8(10)11;4*1-2;/h4,6H,1H2,2-3H3;4*1-2H3;/q-2;;;;;+2. The minimum atomic E-state index is -0.115. The predicted octanol–water partition coefficient (Wildman–Crippen LogP) is 4.85. The van der Waals surface area contributed by atoms with Crippen molar-refractivity contribution < 1.29 is 31.1 Å². The molecule has 0 bridgehead atoms. The van der Waals surface area contributed by atoms with Crippen LogP contribution in [-0.2, 0) is 0 Å². The molecule has 20 heavy (non-hydrogen) atoms. The number of aryl methyl sites for hydroxylation is 1. The second-order valence-electron chi connectivity index (χ2n) is 2.55. The Balaban J connectivity index is -0.0000000722. The van der Waals surface area contributed by atoms with Crippen LogP contribution in [0.4, 0.5) is 0 Å². The molecule has 1 rings (SSSR count). The SMILES string of the molecule is CC.CC.CC.CC.[CH2-]C(C)n1[c-]nc(C)cc1=O.[U+2]. The maximum Gasteiger partial charge on any atom is 2.00 e. The first-order valence-electron chi connectivity index (χ1n) is 7.42. The summed E-state index contributed by atoms with van der Waals surface area (Å²) in [6.45, 7) is 23.3. The zero-order chi connectivity index (χ0) is 16.4. The van der Waals surface area contributed by atoms with Gasteiger partial charge in [0.25, 0.3) is 0 Å². The zero-order valence-corrected chi connectivity index (χ0v) is 19.3. The molecule has 0 N–H and O–H groups in total. The van der Waals surface area contributed by atoms with Gasteiger partial charge in [0.2, 0.25) is 0 Å². The quantitative estimate of drug-likeness (QED) is 0.509. The van der Waals surface area contributed by atoms with E-state index in [1.807, 2.05) is 62.3 Å². The van der Waals surface area contributed by atoms with Crippen LogP contribution >= 0.6 is 0 Å². The zero-order valence-electron chi connectivity index (χ0n) is 15.2. The van der Waals surface area contributed by atoms with Gasteiger partial charge in [0.15, 0.2) is 0 Å². The molecule has 1 aromatic rings. The van der Waals surface area contributed by atoms with Crippen LogP contribution in [0, 0.1) is 51.3 Å². The predicted molar refractivity (Wildman–Crippen MR) is 87.5 cm³/mol. The summed E-state index contributed by atoms with van der Waals surface area (Å²) in [6.07, 6.45) is 2.60. The molecule has 1 atom stereocenters. The molecule has 3 nitrogen and oxygen atoms in total. The summed E-state index contributed by atoms with van der Waals surface area (Å²) in [4.78, 5) is 15.0. The third-order valence-corrected chi connectivity index (χ3v) is 1.34. The topological polar surface area (TPSA) is 34.9 Å². The summed E-state index contributed by atoms with van der Waals surface area (Å²) >= 11 is 0. The Bertz CT molecular complexity index is 310. The van der Waals surface area contributed by atoms with E-state index in [4.69, 9.17) is 0 Å². The van der Waals surface area contributed by atoms with E-state index in [-0.39, 0.29) is 42.7 Å². The van der Waals surface area contributed by atoms with E-state index >= 15 is 0 Å². The van der Waals surface area contributed by atoms with Crippen molar-refractivity contribution in [1.82, 2.24) is 9.55 Å². The van der Waals surface area contributed by atoms with Gasteiger partial charge in [-0.05, 0) is 0 Å². The monoisotopic (exact) mass is 508 g/mol. The van der Waals surface area contributed by atoms with Crippen LogP contribution in [0.1, 0.15) is 74.0 Å². The minimum absolute atomic E-state index is 0. The van der Waals surface area contributed by atoms with Crippen molar-refractivity contribution in [2.45, 2.75) is 75.3 Å². The van der Waals surface area contributed by atoms with Gasteiger partial charge in [-0.3, -0.25) is 0 Å². The molecule has 0 aliphatic rings. The van der Waals surface area contributed by atoms with Crippen LogP contribution in [0.2, 0.25) is 0 Å². The Hall–Kier alpha value is -0.0681. The van der Waals surface area contributed by atoms with Crippen LogP contribution in [-0.4, -0.2) is 9.55 Å². The van der Waals surface area contributed by atoms with Crippen LogP contribution < -0.4 is 5.56 Å². The molecule has 0 saturated carbocycles. The first-order chi connectivity index (χ1) is 9.11. The van der Waals surface area contributed by atoms with E-state index in [2.05, 4.69) is 18.2 Å². The molecule has 0 fully saturated rings. The number of rotatable bonds is 1. The van der Waals surface area contributed by atoms with Crippen molar-refractivity contribution in [2.24, 2.45) is 0 Å². The third kappa shape index (κ3) is 17.9. The normalized spacial score (nSPS) is 8.35. The van der Waals surface area contributed by atoms with Crippen molar-refractivity contribution in [2.75, 3.05) is 0 Å². The average Bonchev–Trinajstić information content (AvgIpc) is 2.47. The molecule has 118 valence electrons. The summed E-state index contributed by atoms with van der Waals surface area (Å²) in [5.74, 6) is 0. The molecule has 1 aromatic heterocycles. The van der Waals surface area contributed by atoms with Gasteiger partial charge in [0.1, 0.15) is 5.56 Å². The number of nitrogens with zero attached hydrogens (tertiary/aromatic N) is 2. The fourth-order valence-electron chi connectivity index (χ4n) is 0.778. The van der Waals surface area contributed by atoms with Gasteiger partial charge < -0.3 is 21.3 Å².